The number of hydrogen-bond donors (Lipinski definition) is 0. The molecule has 0 radical (unpaired) electrons. The molecule has 1 aromatic rings. The van der Waals surface area contributed by atoms with Gasteiger partial charge < -0.3 is 10.4 Å². The minimum atomic E-state index is 0. The van der Waals surface area contributed by atoms with Crippen LogP contribution >= 0.6 is 11.5 Å². The third-order valence-electron chi connectivity index (χ3n) is 0.706. The van der Waals surface area contributed by atoms with Gasteiger partial charge in [-0.3, -0.25) is 0 Å². The van der Waals surface area contributed by atoms with E-state index in [1.54, 1.807) is 6.92 Å². The molecule has 0 aromatic carbocycles. The quantitative estimate of drug-likeness (QED) is 0.269. The van der Waals surface area contributed by atoms with E-state index in [-0.39, 0.29) is 29.6 Å². The van der Waals surface area contributed by atoms with Gasteiger partial charge >= 0.3 is 29.6 Å². The molecule has 1 rings (SSSR count). The first-order chi connectivity index (χ1) is 4.33. The molecule has 0 aliphatic heterocycles. The Morgan fingerprint density at radius 2 is 2.40 bits per heavy atom. The first kappa shape index (κ1) is 10.0. The average molecular weight is 165 g/mol. The molecule has 4 nitrogen and oxygen atoms in total. The monoisotopic (exact) mass is 165 g/mol. The Morgan fingerprint density at radius 1 is 1.70 bits per heavy atom. The van der Waals surface area contributed by atoms with E-state index in [1.807, 2.05) is 0 Å². The Balaban J connectivity index is 0.000000810. The maximum Gasteiger partial charge on any atom is 1.00 e. The molecule has 0 fully saturated rings. The average Bonchev–Trinajstić information content (AvgIpc) is 2.17. The third kappa shape index (κ3) is 2.74. The molecule has 1 aromatic heterocycles. The summed E-state index contributed by atoms with van der Waals surface area (Å²) in [5.74, 6) is 0.676. The topological polar surface area (TPSA) is 61.2 Å². The van der Waals surface area contributed by atoms with Crippen LogP contribution in [0.1, 0.15) is 10.8 Å². The summed E-state index contributed by atoms with van der Waals surface area (Å²) in [7, 11) is 0. The molecular weight excluding hydrogens is 161 g/mol. The van der Waals surface area contributed by atoms with Crippen LogP contribution in [0, 0.1) is 12.1 Å². The van der Waals surface area contributed by atoms with Gasteiger partial charge in [-0.15, -0.1) is 0 Å². The van der Waals surface area contributed by atoms with Crippen LogP contribution in [0.4, 0.5) is 0 Å². The molecule has 0 N–H and O–H groups in total. The Labute approximate surface area is 84.4 Å². The van der Waals surface area contributed by atoms with E-state index in [0.29, 0.717) is 10.8 Å². The molecule has 0 amide bonds. The van der Waals surface area contributed by atoms with Gasteiger partial charge in [-0.1, -0.05) is 0 Å². The van der Waals surface area contributed by atoms with Crippen LogP contribution in [0.5, 0.6) is 0 Å². The minimum absolute atomic E-state index is 0. The fourth-order valence-electron chi connectivity index (χ4n) is 0.411. The van der Waals surface area contributed by atoms with Crippen molar-refractivity contribution in [2.24, 2.45) is 5.16 Å². The second kappa shape index (κ2) is 4.79. The molecule has 1 heterocycles. The van der Waals surface area contributed by atoms with Gasteiger partial charge in [-0.25, -0.2) is 4.98 Å². The summed E-state index contributed by atoms with van der Waals surface area (Å²) in [4.78, 5) is 3.86. The van der Waals surface area contributed by atoms with E-state index in [0.717, 1.165) is 17.7 Å². The SMILES string of the molecule is Cc1nsc(/C=N/[O-])n1.[Na+]. The molecule has 0 saturated heterocycles. The Morgan fingerprint density at radius 3 is 2.80 bits per heavy atom. The van der Waals surface area contributed by atoms with E-state index in [4.69, 9.17) is 0 Å². The van der Waals surface area contributed by atoms with Crippen molar-refractivity contribution in [1.29, 1.82) is 0 Å². The molecule has 0 saturated carbocycles. The molecule has 0 unspecified atom stereocenters. The smallest absolute Gasteiger partial charge is 0.792 e. The van der Waals surface area contributed by atoms with Crippen LogP contribution in [0.25, 0.3) is 0 Å². The molecule has 0 spiro atoms. The van der Waals surface area contributed by atoms with E-state index in [1.165, 1.54) is 0 Å². The zero-order chi connectivity index (χ0) is 6.69. The maximum absolute atomic E-state index is 9.62. The van der Waals surface area contributed by atoms with Crippen molar-refractivity contribution in [3.63, 3.8) is 0 Å². The maximum atomic E-state index is 9.62. The van der Waals surface area contributed by atoms with Crippen LogP contribution in [0.15, 0.2) is 5.16 Å². The summed E-state index contributed by atoms with van der Waals surface area (Å²) >= 11 is 1.16. The van der Waals surface area contributed by atoms with Gasteiger partial charge in [0, 0.05) is 0 Å². The molecule has 0 bridgehead atoms. The largest absolute Gasteiger partial charge is 1.00 e. The summed E-state index contributed by atoms with van der Waals surface area (Å²) in [6.45, 7) is 1.76. The minimum Gasteiger partial charge on any atom is -0.792 e. The molecule has 10 heavy (non-hydrogen) atoms. The molecule has 0 aliphatic carbocycles. The van der Waals surface area contributed by atoms with Gasteiger partial charge in [0.25, 0.3) is 0 Å². The first-order valence-electron chi connectivity index (χ1n) is 2.29. The van der Waals surface area contributed by atoms with Gasteiger partial charge in [0.05, 0.1) is 6.21 Å². The van der Waals surface area contributed by atoms with E-state index in [2.05, 4.69) is 14.5 Å². The second-order valence-corrected chi connectivity index (χ2v) is 2.20. The zero-order valence-electron chi connectivity index (χ0n) is 5.74. The van der Waals surface area contributed by atoms with E-state index >= 15 is 0 Å². The summed E-state index contributed by atoms with van der Waals surface area (Å²) in [6, 6.07) is 0. The van der Waals surface area contributed by atoms with Gasteiger partial charge in [0.2, 0.25) is 0 Å². The molecule has 0 aliphatic rings. The van der Waals surface area contributed by atoms with Crippen LogP contribution < -0.4 is 29.6 Å². The number of nitrogens with zero attached hydrogens (tertiary/aromatic N) is 3. The molecule has 48 valence electrons. The van der Waals surface area contributed by atoms with Gasteiger partial charge in [-0.2, -0.15) is 4.37 Å². The van der Waals surface area contributed by atoms with Crippen molar-refractivity contribution in [3.05, 3.63) is 16.0 Å². The first-order valence-corrected chi connectivity index (χ1v) is 3.06. The fraction of sp³-hybridized carbons (Fsp3) is 0.250. The molecular formula is C4H4N3NaOS. The van der Waals surface area contributed by atoms with E-state index in [9.17, 15) is 5.21 Å². The number of rotatable bonds is 1. The number of aryl methyl sites for hydroxylation is 1. The number of aromatic nitrogens is 2. The standard InChI is InChI=1S/C4H5N3OS.Na/c1-3-6-4(2-5-8)9-7-3;/h2,8H,1H3;/q;+1/p-1/b5-2+;. The summed E-state index contributed by atoms with van der Waals surface area (Å²) < 4.78 is 3.84. The Hall–Kier alpha value is 0.0300. The van der Waals surface area contributed by atoms with E-state index < -0.39 is 0 Å². The molecule has 6 heteroatoms. The Bertz CT molecular complexity index is 224. The summed E-state index contributed by atoms with van der Waals surface area (Å²) in [6.07, 6.45) is 1.14. The van der Waals surface area contributed by atoms with Crippen LogP contribution in [-0.2, 0) is 0 Å². The predicted molar refractivity (Wildman–Crippen MR) is 35.6 cm³/mol. The fourth-order valence-corrected chi connectivity index (χ4v) is 0.940. The van der Waals surface area contributed by atoms with Crippen molar-refractivity contribution >= 4 is 17.7 Å². The van der Waals surface area contributed by atoms with Crippen LogP contribution in [0.3, 0.4) is 0 Å². The predicted octanol–water partition coefficient (Wildman–Crippen LogP) is -2.23. The molecule has 0 atom stereocenters. The third-order valence-corrected chi connectivity index (χ3v) is 1.45. The van der Waals surface area contributed by atoms with Crippen molar-refractivity contribution in [3.8, 4) is 0 Å². The van der Waals surface area contributed by atoms with Crippen LogP contribution in [0.2, 0.25) is 0 Å². The Kier molecular flexibility index (Phi) is 4.80. The van der Waals surface area contributed by atoms with Crippen LogP contribution in [-0.4, -0.2) is 15.6 Å². The second-order valence-electron chi connectivity index (χ2n) is 1.41. The summed E-state index contributed by atoms with van der Waals surface area (Å²) in [5, 5.41) is 12.7. The summed E-state index contributed by atoms with van der Waals surface area (Å²) in [5.41, 5.74) is 0. The van der Waals surface area contributed by atoms with Crippen molar-refractivity contribution < 1.29 is 29.6 Å². The normalized spacial score (nSPS) is 9.70. The number of hydrogen-bond acceptors (Lipinski definition) is 5. The van der Waals surface area contributed by atoms with Gasteiger partial charge in [0.1, 0.15) is 5.82 Å². The van der Waals surface area contributed by atoms with Crippen molar-refractivity contribution in [1.82, 2.24) is 9.36 Å². The zero-order valence-corrected chi connectivity index (χ0v) is 8.55. The van der Waals surface area contributed by atoms with Gasteiger partial charge in [0.15, 0.2) is 5.01 Å². The van der Waals surface area contributed by atoms with Gasteiger partial charge in [-0.05, 0) is 18.5 Å². The van der Waals surface area contributed by atoms with Crippen molar-refractivity contribution in [2.45, 2.75) is 6.92 Å². The van der Waals surface area contributed by atoms with Crippen molar-refractivity contribution in [2.75, 3.05) is 0 Å².